The van der Waals surface area contributed by atoms with Crippen LogP contribution >= 0.6 is 0 Å². The summed E-state index contributed by atoms with van der Waals surface area (Å²) in [6.07, 6.45) is 4.77. The Morgan fingerprint density at radius 1 is 1.19 bits per heavy atom. The summed E-state index contributed by atoms with van der Waals surface area (Å²) in [5.74, 6) is 0. The van der Waals surface area contributed by atoms with Crippen LogP contribution in [0.5, 0.6) is 0 Å². The molecule has 0 aliphatic heterocycles. The van der Waals surface area contributed by atoms with Gasteiger partial charge in [-0.2, -0.15) is 0 Å². The summed E-state index contributed by atoms with van der Waals surface area (Å²) < 4.78 is 0. The van der Waals surface area contributed by atoms with E-state index in [-0.39, 0.29) is 5.54 Å². The van der Waals surface area contributed by atoms with E-state index in [0.29, 0.717) is 0 Å². The number of nitrogens with two attached hydrogens (primary N) is 1. The molecule has 0 bridgehead atoms. The van der Waals surface area contributed by atoms with Crippen LogP contribution in [-0.2, 0) is 5.54 Å². The first-order chi connectivity index (χ1) is 7.53. The summed E-state index contributed by atoms with van der Waals surface area (Å²) in [6, 6.07) is 6.63. The quantitative estimate of drug-likeness (QED) is 0.827. The highest BCUT2D eigenvalue weighted by Crippen LogP contribution is 2.40. The van der Waals surface area contributed by atoms with Crippen molar-refractivity contribution < 1.29 is 0 Å². The third kappa shape index (κ3) is 1.94. The minimum Gasteiger partial charge on any atom is -0.377 e. The Kier molecular flexibility index (Phi) is 2.94. The van der Waals surface area contributed by atoms with E-state index < -0.39 is 0 Å². The molecule has 1 fully saturated rings. The van der Waals surface area contributed by atoms with Crippen LogP contribution in [0.1, 0.15) is 36.8 Å². The lowest BCUT2D eigenvalue weighted by atomic mass is 9.87. The monoisotopic (exact) mass is 218 g/mol. The number of hydrogen-bond donors (Lipinski definition) is 1. The number of benzene rings is 1. The number of nitrogens with zero attached hydrogens (tertiary/aromatic N) is 1. The molecule has 0 amide bonds. The Bertz CT molecular complexity index is 376. The maximum absolute atomic E-state index is 6.54. The molecule has 0 unspecified atom stereocenters. The van der Waals surface area contributed by atoms with Gasteiger partial charge in [0.25, 0.3) is 0 Å². The van der Waals surface area contributed by atoms with Crippen molar-refractivity contribution in [2.75, 3.05) is 19.0 Å². The van der Waals surface area contributed by atoms with Gasteiger partial charge in [-0.15, -0.1) is 0 Å². The van der Waals surface area contributed by atoms with Crippen LogP contribution in [0.15, 0.2) is 18.2 Å². The van der Waals surface area contributed by atoms with Crippen LogP contribution in [-0.4, -0.2) is 14.1 Å². The summed E-state index contributed by atoms with van der Waals surface area (Å²) >= 11 is 0. The van der Waals surface area contributed by atoms with Gasteiger partial charge in [0.15, 0.2) is 0 Å². The average molecular weight is 218 g/mol. The fourth-order valence-corrected chi connectivity index (χ4v) is 2.71. The predicted molar refractivity (Wildman–Crippen MR) is 69.8 cm³/mol. The zero-order chi connectivity index (χ0) is 11.8. The Hall–Kier alpha value is -1.02. The number of rotatable bonds is 2. The summed E-state index contributed by atoms with van der Waals surface area (Å²) in [4.78, 5) is 2.18. The average Bonchev–Trinajstić information content (AvgIpc) is 2.66. The molecule has 1 aromatic rings. The molecule has 0 heterocycles. The fraction of sp³-hybridized carbons (Fsp3) is 0.571. The van der Waals surface area contributed by atoms with E-state index in [4.69, 9.17) is 5.73 Å². The molecule has 1 aliphatic rings. The molecule has 0 aromatic heterocycles. The first-order valence-corrected chi connectivity index (χ1v) is 6.10. The van der Waals surface area contributed by atoms with E-state index in [1.165, 1.54) is 29.7 Å². The fourth-order valence-electron chi connectivity index (χ4n) is 2.71. The third-order valence-corrected chi connectivity index (χ3v) is 3.67. The lowest BCUT2D eigenvalue weighted by Crippen LogP contribution is -2.34. The molecule has 2 nitrogen and oxygen atoms in total. The van der Waals surface area contributed by atoms with Crippen molar-refractivity contribution >= 4 is 5.69 Å². The summed E-state index contributed by atoms with van der Waals surface area (Å²) in [6.45, 7) is 2.13. The van der Waals surface area contributed by atoms with Gasteiger partial charge < -0.3 is 10.6 Å². The van der Waals surface area contributed by atoms with Crippen LogP contribution < -0.4 is 10.6 Å². The van der Waals surface area contributed by atoms with E-state index >= 15 is 0 Å². The number of aryl methyl sites for hydroxylation is 1. The van der Waals surface area contributed by atoms with E-state index in [1.807, 2.05) is 0 Å². The molecule has 1 aromatic carbocycles. The van der Waals surface area contributed by atoms with Crippen molar-refractivity contribution in [3.63, 3.8) is 0 Å². The first kappa shape index (κ1) is 11.5. The number of hydrogen-bond acceptors (Lipinski definition) is 2. The topological polar surface area (TPSA) is 29.3 Å². The van der Waals surface area contributed by atoms with Crippen molar-refractivity contribution in [1.29, 1.82) is 0 Å². The molecule has 1 aliphatic carbocycles. The lowest BCUT2D eigenvalue weighted by molar-refractivity contribution is 0.462. The van der Waals surface area contributed by atoms with Gasteiger partial charge in [0, 0.05) is 25.3 Å². The summed E-state index contributed by atoms with van der Waals surface area (Å²) in [7, 11) is 4.19. The molecule has 16 heavy (non-hydrogen) atoms. The number of anilines is 1. The summed E-state index contributed by atoms with van der Waals surface area (Å²) in [5, 5.41) is 0. The first-order valence-electron chi connectivity index (χ1n) is 6.10. The van der Waals surface area contributed by atoms with E-state index in [9.17, 15) is 0 Å². The molecule has 0 spiro atoms. The molecule has 1 saturated carbocycles. The van der Waals surface area contributed by atoms with Crippen molar-refractivity contribution in [2.45, 2.75) is 38.1 Å². The van der Waals surface area contributed by atoms with Crippen molar-refractivity contribution in [3.8, 4) is 0 Å². The Morgan fingerprint density at radius 3 is 2.38 bits per heavy atom. The van der Waals surface area contributed by atoms with Gasteiger partial charge in [-0.05, 0) is 37.0 Å². The normalized spacial score (nSPS) is 18.8. The van der Waals surface area contributed by atoms with E-state index in [2.05, 4.69) is 44.1 Å². The van der Waals surface area contributed by atoms with Crippen molar-refractivity contribution in [2.24, 2.45) is 5.73 Å². The highest BCUT2D eigenvalue weighted by atomic mass is 15.1. The predicted octanol–water partition coefficient (Wildman–Crippen LogP) is 2.79. The van der Waals surface area contributed by atoms with Gasteiger partial charge in [0.1, 0.15) is 0 Å². The molecule has 2 rings (SSSR count). The standard InChI is InChI=1S/C14H22N2/c1-11-6-7-12(13(10-11)16(2)3)14(15)8-4-5-9-14/h6-7,10H,4-5,8-9,15H2,1-3H3. The minimum absolute atomic E-state index is 0.0900. The van der Waals surface area contributed by atoms with E-state index in [1.54, 1.807) is 0 Å². The van der Waals surface area contributed by atoms with Crippen molar-refractivity contribution in [1.82, 2.24) is 0 Å². The Morgan fingerprint density at radius 2 is 1.81 bits per heavy atom. The van der Waals surface area contributed by atoms with Gasteiger partial charge >= 0.3 is 0 Å². The second-order valence-corrected chi connectivity index (χ2v) is 5.28. The Labute approximate surface area is 98.4 Å². The SMILES string of the molecule is Cc1ccc(C2(N)CCCC2)c(N(C)C)c1. The van der Waals surface area contributed by atoms with Crippen LogP contribution in [0.3, 0.4) is 0 Å². The molecule has 2 N–H and O–H groups in total. The molecular weight excluding hydrogens is 196 g/mol. The second-order valence-electron chi connectivity index (χ2n) is 5.28. The smallest absolute Gasteiger partial charge is 0.0430 e. The van der Waals surface area contributed by atoms with Gasteiger partial charge in [0.2, 0.25) is 0 Å². The van der Waals surface area contributed by atoms with Gasteiger partial charge in [-0.25, -0.2) is 0 Å². The molecule has 0 saturated heterocycles. The molecule has 2 heteroatoms. The van der Waals surface area contributed by atoms with Crippen molar-refractivity contribution in [3.05, 3.63) is 29.3 Å². The molecular formula is C14H22N2. The van der Waals surface area contributed by atoms with Crippen LogP contribution in [0.2, 0.25) is 0 Å². The maximum atomic E-state index is 6.54. The van der Waals surface area contributed by atoms with Gasteiger partial charge in [-0.1, -0.05) is 25.0 Å². The van der Waals surface area contributed by atoms with Crippen LogP contribution in [0.4, 0.5) is 5.69 Å². The zero-order valence-corrected chi connectivity index (χ0v) is 10.6. The van der Waals surface area contributed by atoms with Gasteiger partial charge in [0.05, 0.1) is 0 Å². The highest BCUT2D eigenvalue weighted by molar-refractivity contribution is 5.57. The molecule has 0 radical (unpaired) electrons. The maximum Gasteiger partial charge on any atom is 0.0430 e. The lowest BCUT2D eigenvalue weighted by Gasteiger charge is -2.30. The minimum atomic E-state index is -0.0900. The van der Waals surface area contributed by atoms with Gasteiger partial charge in [-0.3, -0.25) is 0 Å². The zero-order valence-electron chi connectivity index (χ0n) is 10.6. The molecule has 88 valence electrons. The highest BCUT2D eigenvalue weighted by Gasteiger charge is 2.33. The Balaban J connectivity index is 2.47. The molecule has 0 atom stereocenters. The summed E-state index contributed by atoms with van der Waals surface area (Å²) in [5.41, 5.74) is 10.4. The van der Waals surface area contributed by atoms with Crippen LogP contribution in [0, 0.1) is 6.92 Å². The second kappa shape index (κ2) is 4.10. The largest absolute Gasteiger partial charge is 0.377 e. The van der Waals surface area contributed by atoms with E-state index in [0.717, 1.165) is 12.8 Å². The third-order valence-electron chi connectivity index (χ3n) is 3.67. The van der Waals surface area contributed by atoms with Crippen LogP contribution in [0.25, 0.3) is 0 Å².